The predicted octanol–water partition coefficient (Wildman–Crippen LogP) is 3.42. The van der Waals surface area contributed by atoms with Crippen LogP contribution in [-0.2, 0) is 10.0 Å². The van der Waals surface area contributed by atoms with Crippen molar-refractivity contribution in [3.63, 3.8) is 0 Å². The average Bonchev–Trinajstić information content (AvgIpc) is 2.28. The third-order valence-corrected chi connectivity index (χ3v) is 5.56. The van der Waals surface area contributed by atoms with Crippen LogP contribution in [0.15, 0.2) is 35.2 Å². The number of nitrogens with one attached hydrogen (secondary N) is 1. The summed E-state index contributed by atoms with van der Waals surface area (Å²) < 4.78 is 61.6. The minimum Gasteiger partial charge on any atom is -0.207 e. The lowest BCUT2D eigenvalue weighted by Gasteiger charge is -2.31. The number of hydrogen-bond acceptors (Lipinski definition) is 2. The van der Waals surface area contributed by atoms with Crippen molar-refractivity contribution in [2.75, 3.05) is 0 Å². The molecule has 2 atom stereocenters. The van der Waals surface area contributed by atoms with E-state index in [0.717, 1.165) is 12.1 Å². The summed E-state index contributed by atoms with van der Waals surface area (Å²) in [5, 5.41) is 0. The van der Waals surface area contributed by atoms with E-state index in [9.17, 15) is 21.6 Å². The molecule has 0 aliphatic carbocycles. The second kappa shape index (κ2) is 5.77. The van der Waals surface area contributed by atoms with E-state index in [1.54, 1.807) is 0 Å². The second-order valence-corrected chi connectivity index (χ2v) is 7.59. The monoisotopic (exact) mass is 399 g/mol. The van der Waals surface area contributed by atoms with Crippen molar-refractivity contribution < 1.29 is 21.6 Å². The summed E-state index contributed by atoms with van der Waals surface area (Å²) in [6.07, 6.45) is -5.09. The van der Waals surface area contributed by atoms with E-state index >= 15 is 0 Å². The Morgan fingerprint density at radius 3 is 2.05 bits per heavy atom. The van der Waals surface area contributed by atoms with Gasteiger partial charge < -0.3 is 0 Å². The van der Waals surface area contributed by atoms with Crippen molar-refractivity contribution >= 4 is 49.2 Å². The van der Waals surface area contributed by atoms with Crippen LogP contribution in [0, 0.1) is 0 Å². The molecule has 0 aliphatic heterocycles. The van der Waals surface area contributed by atoms with E-state index in [0.29, 0.717) is 0 Å². The van der Waals surface area contributed by atoms with Gasteiger partial charge in [0, 0.05) is 0 Å². The molecular formula is C9H7BrCl2F3NO2S. The summed E-state index contributed by atoms with van der Waals surface area (Å²) in [7, 11) is -4.46. The van der Waals surface area contributed by atoms with E-state index in [4.69, 9.17) is 23.2 Å². The van der Waals surface area contributed by atoms with Crippen LogP contribution < -0.4 is 4.72 Å². The highest BCUT2D eigenvalue weighted by Gasteiger charge is 2.60. The number of halogens is 6. The van der Waals surface area contributed by atoms with Gasteiger partial charge in [-0.2, -0.15) is 17.9 Å². The summed E-state index contributed by atoms with van der Waals surface area (Å²) in [6.45, 7) is 0. The van der Waals surface area contributed by atoms with Gasteiger partial charge in [-0.25, -0.2) is 8.42 Å². The fourth-order valence-corrected chi connectivity index (χ4v) is 3.41. The fourth-order valence-electron chi connectivity index (χ4n) is 1.08. The molecule has 0 aliphatic rings. The highest BCUT2D eigenvalue weighted by Crippen LogP contribution is 2.42. The molecule has 0 fully saturated rings. The minimum atomic E-state index is -5.09. The predicted molar refractivity (Wildman–Crippen MR) is 70.0 cm³/mol. The molecule has 108 valence electrons. The number of benzene rings is 1. The lowest BCUT2D eigenvalue weighted by Crippen LogP contribution is -2.58. The van der Waals surface area contributed by atoms with Gasteiger partial charge in [0.1, 0.15) is 4.29 Å². The Labute approximate surface area is 126 Å². The van der Waals surface area contributed by atoms with Crippen LogP contribution in [0.1, 0.15) is 0 Å². The Kier molecular flexibility index (Phi) is 5.17. The topological polar surface area (TPSA) is 46.2 Å². The molecule has 0 saturated heterocycles. The molecule has 1 aromatic carbocycles. The number of rotatable bonds is 4. The molecule has 0 heterocycles. The molecule has 0 aromatic heterocycles. The minimum absolute atomic E-state index is 0.353. The summed E-state index contributed by atoms with van der Waals surface area (Å²) in [5.74, 6) is 0. The van der Waals surface area contributed by atoms with E-state index in [1.807, 2.05) is 0 Å². The quantitative estimate of drug-likeness (QED) is 0.621. The molecule has 0 bridgehead atoms. The second-order valence-electron chi connectivity index (χ2n) is 3.43. The third-order valence-electron chi connectivity index (χ3n) is 2.05. The van der Waals surface area contributed by atoms with Crippen LogP contribution >= 0.6 is 39.1 Å². The highest BCUT2D eigenvalue weighted by atomic mass is 79.9. The first-order valence-electron chi connectivity index (χ1n) is 4.63. The Morgan fingerprint density at radius 1 is 1.21 bits per heavy atom. The summed E-state index contributed by atoms with van der Waals surface area (Å²) in [4.78, 5) is -3.71. The van der Waals surface area contributed by atoms with Crippen LogP contribution in [0.25, 0.3) is 0 Å². The largest absolute Gasteiger partial charge is 0.423 e. The lowest BCUT2D eigenvalue weighted by molar-refractivity contribution is -0.160. The van der Waals surface area contributed by atoms with Gasteiger partial charge in [0.25, 0.3) is 0 Å². The van der Waals surface area contributed by atoms with Crippen LogP contribution in [0.3, 0.4) is 0 Å². The van der Waals surface area contributed by atoms with Crippen LogP contribution in [-0.4, -0.2) is 23.9 Å². The van der Waals surface area contributed by atoms with Crippen LogP contribution in [0.2, 0.25) is 0 Å². The van der Waals surface area contributed by atoms with Crippen molar-refractivity contribution in [3.8, 4) is 0 Å². The fraction of sp³-hybridized carbons (Fsp3) is 0.333. The van der Waals surface area contributed by atoms with E-state index < -0.39 is 25.5 Å². The van der Waals surface area contributed by atoms with Gasteiger partial charge >= 0.3 is 6.18 Å². The summed E-state index contributed by atoms with van der Waals surface area (Å²) in [6, 6.07) is 6.52. The zero-order valence-electron chi connectivity index (χ0n) is 8.96. The van der Waals surface area contributed by atoms with Crippen molar-refractivity contribution in [2.24, 2.45) is 0 Å². The Morgan fingerprint density at radius 2 is 1.68 bits per heavy atom. The maximum Gasteiger partial charge on any atom is 0.423 e. The van der Waals surface area contributed by atoms with Gasteiger partial charge in [-0.15, -0.1) is 11.6 Å². The molecule has 0 radical (unpaired) electrons. The Bertz CT molecular complexity index is 538. The first kappa shape index (κ1) is 17.0. The molecule has 1 N–H and O–H groups in total. The molecule has 10 heteroatoms. The molecule has 0 spiro atoms. The van der Waals surface area contributed by atoms with Gasteiger partial charge in [0.05, 0.1) is 4.90 Å². The Balaban J connectivity index is 3.19. The first-order chi connectivity index (χ1) is 8.51. The maximum absolute atomic E-state index is 12.8. The smallest absolute Gasteiger partial charge is 0.207 e. The Hall–Kier alpha value is -0.0200. The maximum atomic E-state index is 12.8. The van der Waals surface area contributed by atoms with Gasteiger partial charge in [-0.05, 0) is 12.1 Å². The number of sulfonamides is 1. The molecule has 0 unspecified atom stereocenters. The average molecular weight is 401 g/mol. The van der Waals surface area contributed by atoms with Gasteiger partial charge in [0.2, 0.25) is 15.0 Å². The molecule has 19 heavy (non-hydrogen) atoms. The van der Waals surface area contributed by atoms with Crippen molar-refractivity contribution in [1.82, 2.24) is 4.72 Å². The van der Waals surface area contributed by atoms with E-state index in [2.05, 4.69) is 15.9 Å². The normalized spacial score (nSPS) is 17.8. The van der Waals surface area contributed by atoms with E-state index in [1.165, 1.54) is 22.9 Å². The first-order valence-corrected chi connectivity index (χ1v) is 7.85. The molecule has 0 saturated carbocycles. The SMILES string of the molecule is O=S(=O)(N[C@@](Cl)([C@@H](Cl)Br)C(F)(F)F)c1ccccc1. The third kappa shape index (κ3) is 3.75. The standard InChI is InChI=1S/C9H7BrCl2F3NO2S/c10-7(11)8(12,9(13,14)15)16-19(17,18)6-4-2-1-3-5-6/h1-5,7,16H/t7-,8+/m1/s1. The van der Waals surface area contributed by atoms with Crippen LogP contribution in [0.5, 0.6) is 0 Å². The number of alkyl halides is 6. The van der Waals surface area contributed by atoms with E-state index in [-0.39, 0.29) is 4.90 Å². The van der Waals surface area contributed by atoms with Crippen LogP contribution in [0.4, 0.5) is 13.2 Å². The molecular weight excluding hydrogens is 394 g/mol. The van der Waals surface area contributed by atoms with Crippen molar-refractivity contribution in [3.05, 3.63) is 30.3 Å². The molecule has 3 nitrogen and oxygen atoms in total. The number of hydrogen-bond donors (Lipinski definition) is 1. The zero-order chi connectivity index (χ0) is 14.9. The zero-order valence-corrected chi connectivity index (χ0v) is 12.9. The summed E-state index contributed by atoms with van der Waals surface area (Å²) in [5.41, 5.74) is 0. The molecule has 0 amide bonds. The molecule has 1 rings (SSSR count). The highest BCUT2D eigenvalue weighted by molar-refractivity contribution is 9.10. The lowest BCUT2D eigenvalue weighted by atomic mass is 10.3. The summed E-state index contributed by atoms with van der Waals surface area (Å²) >= 11 is 13.0. The van der Waals surface area contributed by atoms with Crippen molar-refractivity contribution in [2.45, 2.75) is 20.4 Å². The van der Waals surface area contributed by atoms with Gasteiger partial charge in [-0.1, -0.05) is 45.7 Å². The van der Waals surface area contributed by atoms with Crippen molar-refractivity contribution in [1.29, 1.82) is 0 Å². The van der Waals surface area contributed by atoms with Gasteiger partial charge in [0.15, 0.2) is 0 Å². The molecule has 1 aromatic rings. The van der Waals surface area contributed by atoms with Gasteiger partial charge in [-0.3, -0.25) is 0 Å².